The molecule has 0 saturated carbocycles. The fourth-order valence-corrected chi connectivity index (χ4v) is 2.06. The van der Waals surface area contributed by atoms with E-state index in [2.05, 4.69) is 19.8 Å². The maximum atomic E-state index is 11.3. The summed E-state index contributed by atoms with van der Waals surface area (Å²) in [6.45, 7) is 0. The van der Waals surface area contributed by atoms with E-state index in [0.29, 0.717) is 0 Å². The number of carbonyl (C=O) groups is 2. The first kappa shape index (κ1) is 17.0. The molecule has 0 heterocycles. The lowest BCUT2D eigenvalue weighted by Gasteiger charge is -2.15. The smallest absolute Gasteiger partial charge is 0.354 e. The highest BCUT2D eigenvalue weighted by molar-refractivity contribution is 8.02. The van der Waals surface area contributed by atoms with Gasteiger partial charge in [-0.3, -0.25) is 9.59 Å². The first-order chi connectivity index (χ1) is 9.56. The Balaban J connectivity index is 3.20. The highest BCUT2D eigenvalue weighted by Gasteiger charge is 2.33. The second kappa shape index (κ2) is 6.17. The molecule has 0 radical (unpaired) electrons. The quantitative estimate of drug-likeness (QED) is 0.535. The Kier molecular flexibility index (Phi) is 5.01. The van der Waals surface area contributed by atoms with Crippen molar-refractivity contribution < 1.29 is 34.8 Å². The summed E-state index contributed by atoms with van der Waals surface area (Å²) in [5.41, 5.74) is 9.04. The normalized spacial score (nSPS) is 12.2. The van der Waals surface area contributed by atoms with E-state index in [1.165, 1.54) is 30.3 Å². The fraction of sp³-hybridized carbons (Fsp3) is 0.111. The maximum absolute atomic E-state index is 11.3. The van der Waals surface area contributed by atoms with Crippen molar-refractivity contribution in [3.05, 3.63) is 35.9 Å². The Labute approximate surface area is 119 Å². The van der Waals surface area contributed by atoms with E-state index in [4.69, 9.17) is 0 Å². The van der Waals surface area contributed by atoms with Crippen molar-refractivity contribution in [1.82, 2.24) is 0 Å². The van der Waals surface area contributed by atoms with Gasteiger partial charge in [-0.15, -0.1) is 0 Å². The zero-order valence-corrected chi connectivity index (χ0v) is 11.8. The molecular formula is C9H10N2O8S2. The second-order valence-corrected chi connectivity index (χ2v) is 6.49. The van der Waals surface area contributed by atoms with E-state index in [1.54, 1.807) is 0 Å². The number of primary amides is 2. The van der Waals surface area contributed by atoms with Crippen LogP contribution in [0.25, 0.3) is 0 Å². The van der Waals surface area contributed by atoms with E-state index >= 15 is 0 Å². The van der Waals surface area contributed by atoms with Gasteiger partial charge in [-0.25, -0.2) is 8.37 Å². The molecule has 116 valence electrons. The van der Waals surface area contributed by atoms with E-state index in [0.717, 1.165) is 0 Å². The third-order valence-electron chi connectivity index (χ3n) is 1.99. The maximum Gasteiger partial charge on any atom is 0.361 e. The highest BCUT2D eigenvalue weighted by atomic mass is 32.2. The van der Waals surface area contributed by atoms with Crippen LogP contribution < -0.4 is 11.5 Å². The number of nitrogens with two attached hydrogens (primary N) is 2. The van der Waals surface area contributed by atoms with Crippen molar-refractivity contribution in [2.24, 2.45) is 11.5 Å². The van der Waals surface area contributed by atoms with Gasteiger partial charge >= 0.3 is 30.7 Å². The largest absolute Gasteiger partial charge is 0.361 e. The SMILES string of the molecule is NC(=O)S(=O)(=O)OC(OS(=O)(=O)C(N)=O)c1ccccc1. The van der Waals surface area contributed by atoms with E-state index in [1.807, 2.05) is 0 Å². The van der Waals surface area contributed by atoms with Crippen LogP contribution >= 0.6 is 0 Å². The summed E-state index contributed by atoms with van der Waals surface area (Å²) >= 11 is 0. The van der Waals surface area contributed by atoms with Crippen molar-refractivity contribution in [1.29, 1.82) is 0 Å². The van der Waals surface area contributed by atoms with Gasteiger partial charge < -0.3 is 11.5 Å². The minimum absolute atomic E-state index is 0.104. The van der Waals surface area contributed by atoms with Crippen molar-refractivity contribution in [2.75, 3.05) is 0 Å². The molecule has 0 aliphatic heterocycles. The van der Waals surface area contributed by atoms with Gasteiger partial charge in [0.15, 0.2) is 0 Å². The topological polar surface area (TPSA) is 173 Å². The third-order valence-corrected chi connectivity index (χ3v) is 3.83. The predicted molar refractivity (Wildman–Crippen MR) is 68.4 cm³/mol. The van der Waals surface area contributed by atoms with Crippen LogP contribution in [-0.4, -0.2) is 27.3 Å². The van der Waals surface area contributed by atoms with Crippen LogP contribution in [0.4, 0.5) is 9.59 Å². The molecule has 1 rings (SSSR count). The number of hydrogen-bond donors (Lipinski definition) is 2. The first-order valence-corrected chi connectivity index (χ1v) is 7.88. The van der Waals surface area contributed by atoms with Crippen LogP contribution in [0.2, 0.25) is 0 Å². The molecule has 0 spiro atoms. The van der Waals surface area contributed by atoms with E-state index in [9.17, 15) is 26.4 Å². The van der Waals surface area contributed by atoms with Crippen molar-refractivity contribution in [2.45, 2.75) is 6.29 Å². The molecule has 4 N–H and O–H groups in total. The lowest BCUT2D eigenvalue weighted by Crippen LogP contribution is -2.30. The monoisotopic (exact) mass is 338 g/mol. The lowest BCUT2D eigenvalue weighted by atomic mass is 10.2. The molecule has 0 fully saturated rings. The summed E-state index contributed by atoms with van der Waals surface area (Å²) in [6, 6.07) is 6.81. The molecular weight excluding hydrogens is 328 g/mol. The molecule has 21 heavy (non-hydrogen) atoms. The van der Waals surface area contributed by atoms with Gasteiger partial charge in [0.1, 0.15) is 0 Å². The van der Waals surface area contributed by atoms with Crippen LogP contribution in [0.3, 0.4) is 0 Å². The zero-order chi connectivity index (χ0) is 16.3. The molecule has 1 aromatic carbocycles. The zero-order valence-electron chi connectivity index (χ0n) is 10.2. The second-order valence-electron chi connectivity index (χ2n) is 3.48. The molecule has 1 aromatic rings. The first-order valence-electron chi connectivity index (χ1n) is 5.06. The van der Waals surface area contributed by atoms with Crippen molar-refractivity contribution in [3.63, 3.8) is 0 Å². The molecule has 12 heteroatoms. The Morgan fingerprint density at radius 3 is 1.57 bits per heavy atom. The average molecular weight is 338 g/mol. The summed E-state index contributed by atoms with van der Waals surface area (Å²) < 4.78 is 53.6. The number of benzene rings is 1. The average Bonchev–Trinajstić information content (AvgIpc) is 2.38. The Morgan fingerprint density at radius 2 is 1.24 bits per heavy atom. The Bertz CT molecular complexity index is 695. The van der Waals surface area contributed by atoms with Gasteiger partial charge in [-0.1, -0.05) is 30.3 Å². The Hall–Kier alpha value is -2.02. The van der Waals surface area contributed by atoms with Gasteiger partial charge in [0, 0.05) is 5.56 Å². The van der Waals surface area contributed by atoms with Crippen molar-refractivity contribution in [3.8, 4) is 0 Å². The summed E-state index contributed by atoms with van der Waals surface area (Å²) in [6.07, 6.45) is -2.12. The lowest BCUT2D eigenvalue weighted by molar-refractivity contribution is 0.0182. The van der Waals surface area contributed by atoms with E-state index in [-0.39, 0.29) is 5.56 Å². The number of carbonyl (C=O) groups excluding carboxylic acids is 2. The van der Waals surface area contributed by atoms with Gasteiger partial charge in [-0.2, -0.15) is 16.8 Å². The van der Waals surface area contributed by atoms with Crippen LogP contribution in [0, 0.1) is 0 Å². The van der Waals surface area contributed by atoms with Crippen LogP contribution in [0.15, 0.2) is 30.3 Å². The number of amides is 2. The standard InChI is InChI=1S/C9H10N2O8S2/c10-8(12)20(14,15)18-7(6-4-2-1-3-5-6)19-21(16,17)9(11)13/h1-5,7H,(H2,10,12)(H2,11,13). The highest BCUT2D eigenvalue weighted by Crippen LogP contribution is 2.23. The van der Waals surface area contributed by atoms with Crippen LogP contribution in [0.1, 0.15) is 11.9 Å². The molecule has 0 atom stereocenters. The minimum Gasteiger partial charge on any atom is -0.354 e. The molecule has 0 aliphatic carbocycles. The Morgan fingerprint density at radius 1 is 0.857 bits per heavy atom. The van der Waals surface area contributed by atoms with Gasteiger partial charge in [0.2, 0.25) is 6.29 Å². The van der Waals surface area contributed by atoms with Gasteiger partial charge in [-0.05, 0) is 0 Å². The number of hydrogen-bond acceptors (Lipinski definition) is 8. The number of rotatable bonds is 5. The third kappa shape index (κ3) is 4.49. The van der Waals surface area contributed by atoms with Gasteiger partial charge in [0.25, 0.3) is 0 Å². The van der Waals surface area contributed by atoms with Crippen LogP contribution in [-0.2, 0) is 28.6 Å². The molecule has 0 aliphatic rings. The molecule has 0 aromatic heterocycles. The summed E-state index contributed by atoms with van der Waals surface area (Å²) in [7, 11) is -9.89. The van der Waals surface area contributed by atoms with Crippen molar-refractivity contribution >= 4 is 30.7 Å². The predicted octanol–water partition coefficient (Wildman–Crippen LogP) is -0.465. The molecule has 2 amide bonds. The summed E-state index contributed by atoms with van der Waals surface area (Å²) in [4.78, 5) is 21.4. The van der Waals surface area contributed by atoms with Gasteiger partial charge in [0.05, 0.1) is 0 Å². The minimum atomic E-state index is -4.95. The molecule has 0 saturated heterocycles. The van der Waals surface area contributed by atoms with E-state index < -0.39 is 37.0 Å². The van der Waals surface area contributed by atoms with Crippen LogP contribution in [0.5, 0.6) is 0 Å². The molecule has 10 nitrogen and oxygen atoms in total. The molecule has 0 unspecified atom stereocenters. The summed E-state index contributed by atoms with van der Waals surface area (Å²) in [5.74, 6) is 0. The fourth-order valence-electron chi connectivity index (χ4n) is 1.06. The molecule has 0 bridgehead atoms. The summed E-state index contributed by atoms with van der Waals surface area (Å²) in [5, 5.41) is -3.72.